The molecule has 2 bridgehead atoms. The molecule has 0 spiro atoms. The predicted molar refractivity (Wildman–Crippen MR) is 158 cm³/mol. The Balaban J connectivity index is 1.37. The number of carbonyl (C=O) groups is 3. The number of aromatic nitrogens is 2. The van der Waals surface area contributed by atoms with Crippen molar-refractivity contribution in [3.05, 3.63) is 46.3 Å². The highest BCUT2D eigenvalue weighted by atomic mass is 16.6. The Labute approximate surface area is 250 Å². The van der Waals surface area contributed by atoms with Crippen LogP contribution in [-0.2, 0) is 20.9 Å². The van der Waals surface area contributed by atoms with Crippen molar-refractivity contribution >= 4 is 28.9 Å². The van der Waals surface area contributed by atoms with E-state index in [1.54, 1.807) is 6.07 Å². The number of alkyl carbamates (subject to hydrolysis) is 1. The third-order valence-corrected chi connectivity index (χ3v) is 9.60. The third kappa shape index (κ3) is 6.12. The first-order valence-electron chi connectivity index (χ1n) is 15.6. The quantitative estimate of drug-likeness (QED) is 0.500. The Morgan fingerprint density at radius 1 is 1.00 bits per heavy atom. The largest absolute Gasteiger partial charge is 0.480 e. The second-order valence-electron chi connectivity index (χ2n) is 12.5. The Kier molecular flexibility index (Phi) is 8.41. The minimum Gasteiger partial charge on any atom is -0.480 e. The Hall–Kier alpha value is -3.89. The number of nitrogens with one attached hydrogen (secondary N) is 1. The number of fused-ring (bicyclic) bond motifs is 5. The molecule has 1 aromatic carbocycles. The number of hydrogen-bond acceptors (Lipinski definition) is 7. The minimum atomic E-state index is -1.14. The fraction of sp³-hybridized carbons (Fsp3) is 0.594. The molecular formula is C32H40N4O7. The van der Waals surface area contributed by atoms with E-state index >= 15 is 0 Å². The number of carboxylic acid groups (broad SMARTS) is 1. The smallest absolute Gasteiger partial charge is 0.408 e. The molecule has 1 unspecified atom stereocenters. The number of carboxylic acids is 1. The van der Waals surface area contributed by atoms with E-state index < -0.39 is 36.2 Å². The van der Waals surface area contributed by atoms with E-state index in [0.29, 0.717) is 10.9 Å². The number of carbonyl (C=O) groups excluding carboxylic acids is 2. The van der Waals surface area contributed by atoms with Gasteiger partial charge >= 0.3 is 12.1 Å². The van der Waals surface area contributed by atoms with Crippen molar-refractivity contribution in [2.75, 3.05) is 6.54 Å². The maximum Gasteiger partial charge on any atom is 0.408 e. The highest BCUT2D eigenvalue weighted by Gasteiger charge is 2.46. The second kappa shape index (κ2) is 12.4. The van der Waals surface area contributed by atoms with E-state index in [9.17, 15) is 24.3 Å². The highest BCUT2D eigenvalue weighted by molar-refractivity contribution is 5.90. The number of nitrogens with zero attached hydrogens (tertiary/aromatic N) is 3. The van der Waals surface area contributed by atoms with Gasteiger partial charge in [0.1, 0.15) is 24.3 Å². The van der Waals surface area contributed by atoms with Crippen LogP contribution in [0.1, 0.15) is 69.8 Å². The van der Waals surface area contributed by atoms with Crippen LogP contribution in [0, 0.1) is 18.8 Å². The van der Waals surface area contributed by atoms with E-state index in [0.717, 1.165) is 63.4 Å². The summed E-state index contributed by atoms with van der Waals surface area (Å²) in [5.74, 6) is -1.47. The van der Waals surface area contributed by atoms with Crippen molar-refractivity contribution in [2.24, 2.45) is 11.8 Å². The second-order valence-corrected chi connectivity index (χ2v) is 12.5. The zero-order valence-electron chi connectivity index (χ0n) is 24.6. The first-order valence-corrected chi connectivity index (χ1v) is 15.6. The lowest BCUT2D eigenvalue weighted by Crippen LogP contribution is -2.55. The number of aliphatic carboxylic acids is 1. The molecule has 2 aromatic rings. The lowest BCUT2D eigenvalue weighted by atomic mass is 9.96. The molecule has 11 heteroatoms. The molecule has 2 aliphatic carbocycles. The van der Waals surface area contributed by atoms with Crippen LogP contribution in [0.3, 0.4) is 0 Å². The van der Waals surface area contributed by atoms with Crippen LogP contribution in [0.2, 0.25) is 0 Å². The summed E-state index contributed by atoms with van der Waals surface area (Å²) in [6, 6.07) is 3.54. The molecule has 2 saturated carbocycles. The molecule has 0 radical (unpaired) electrons. The highest BCUT2D eigenvalue weighted by Crippen LogP contribution is 2.34. The molecule has 11 nitrogen and oxygen atoms in total. The van der Waals surface area contributed by atoms with Crippen LogP contribution in [0.15, 0.2) is 35.1 Å². The van der Waals surface area contributed by atoms with Crippen molar-refractivity contribution < 1.29 is 29.0 Å². The number of benzene rings is 1. The van der Waals surface area contributed by atoms with E-state index in [1.165, 1.54) is 9.47 Å². The van der Waals surface area contributed by atoms with Gasteiger partial charge in [0, 0.05) is 13.0 Å². The Bertz CT molecular complexity index is 1480. The predicted octanol–water partition coefficient (Wildman–Crippen LogP) is 3.94. The van der Waals surface area contributed by atoms with E-state index in [-0.39, 0.29) is 49.0 Å². The summed E-state index contributed by atoms with van der Waals surface area (Å²) in [6.45, 7) is 2.15. The molecule has 4 aliphatic rings. The Morgan fingerprint density at radius 3 is 2.58 bits per heavy atom. The number of ether oxygens (including phenoxy) is 2. The van der Waals surface area contributed by atoms with Gasteiger partial charge in [-0.3, -0.25) is 14.2 Å². The number of rotatable bonds is 2. The van der Waals surface area contributed by atoms with Crippen LogP contribution in [-0.4, -0.2) is 68.4 Å². The van der Waals surface area contributed by atoms with Crippen LogP contribution in [0.25, 0.3) is 10.9 Å². The lowest BCUT2D eigenvalue weighted by molar-refractivity contribution is -0.149. The van der Waals surface area contributed by atoms with E-state index in [2.05, 4.69) is 10.3 Å². The molecule has 5 atom stereocenters. The average Bonchev–Trinajstić information content (AvgIpc) is 3.74. The topological polar surface area (TPSA) is 140 Å². The average molecular weight is 593 g/mol. The third-order valence-electron chi connectivity index (χ3n) is 9.60. The lowest BCUT2D eigenvalue weighted by Gasteiger charge is -2.31. The summed E-state index contributed by atoms with van der Waals surface area (Å²) in [4.78, 5) is 59.2. The Morgan fingerprint density at radius 2 is 1.79 bits per heavy atom. The summed E-state index contributed by atoms with van der Waals surface area (Å²) in [5, 5.41) is 13.4. The molecule has 43 heavy (non-hydrogen) atoms. The number of amides is 2. The van der Waals surface area contributed by atoms with Gasteiger partial charge in [-0.1, -0.05) is 31.1 Å². The van der Waals surface area contributed by atoms with E-state index in [4.69, 9.17) is 9.47 Å². The summed E-state index contributed by atoms with van der Waals surface area (Å²) in [7, 11) is 0. The van der Waals surface area contributed by atoms with Gasteiger partial charge in [0.2, 0.25) is 5.91 Å². The maximum absolute atomic E-state index is 14.0. The van der Waals surface area contributed by atoms with Crippen LogP contribution < -0.4 is 15.6 Å². The van der Waals surface area contributed by atoms with Gasteiger partial charge in [-0.15, -0.1) is 0 Å². The fourth-order valence-corrected chi connectivity index (χ4v) is 7.32. The first kappa shape index (κ1) is 29.2. The molecule has 1 saturated heterocycles. The molecule has 3 fully saturated rings. The minimum absolute atomic E-state index is 0.00197. The van der Waals surface area contributed by atoms with Gasteiger partial charge in [0.25, 0.3) is 11.6 Å². The molecule has 6 rings (SSSR count). The van der Waals surface area contributed by atoms with Gasteiger partial charge in [-0.25, -0.2) is 9.59 Å². The molecular weight excluding hydrogens is 552 g/mol. The van der Waals surface area contributed by atoms with Gasteiger partial charge in [0.15, 0.2) is 0 Å². The van der Waals surface area contributed by atoms with Crippen molar-refractivity contribution in [3.63, 3.8) is 0 Å². The standard InChI is InChI=1S/C32H40N4O7/c1-19-13-14-23-24(16-19)33-31-35(28(23)37)15-6-2-3-8-20-11-7-12-26(20)43-32(41)34-27(21-9-4-5-10-21)29(38)36-18-22(42-31)17-25(36)30(39)40/h2,6,13-14,16,20-22,25-27H,3-5,7-12,15,17-18H2,1H3,(H,34,41)(H,39,40)/b6-2+/t20-,22-,25+,26?,27+/m1/s1. The summed E-state index contributed by atoms with van der Waals surface area (Å²) in [6.07, 6.45) is 10.1. The van der Waals surface area contributed by atoms with Crippen LogP contribution >= 0.6 is 0 Å². The fourth-order valence-electron chi connectivity index (χ4n) is 7.32. The first-order chi connectivity index (χ1) is 20.8. The summed E-state index contributed by atoms with van der Waals surface area (Å²) >= 11 is 0. The van der Waals surface area contributed by atoms with Gasteiger partial charge in [-0.05, 0) is 81.4 Å². The van der Waals surface area contributed by atoms with E-state index in [1.807, 2.05) is 31.2 Å². The zero-order valence-corrected chi connectivity index (χ0v) is 24.6. The number of hydrogen-bond donors (Lipinski definition) is 2. The number of allylic oxidation sites excluding steroid dienone is 2. The normalized spacial score (nSPS) is 29.6. The molecule has 3 heterocycles. The zero-order chi connectivity index (χ0) is 30.1. The number of aryl methyl sites for hydroxylation is 1. The molecule has 2 aliphatic heterocycles. The van der Waals surface area contributed by atoms with Crippen molar-refractivity contribution in [3.8, 4) is 6.01 Å². The van der Waals surface area contributed by atoms with Crippen LogP contribution in [0.5, 0.6) is 6.01 Å². The molecule has 1 aromatic heterocycles. The summed E-state index contributed by atoms with van der Waals surface area (Å²) < 4.78 is 13.6. The summed E-state index contributed by atoms with van der Waals surface area (Å²) in [5.41, 5.74) is 1.20. The molecule has 2 N–H and O–H groups in total. The van der Waals surface area contributed by atoms with Crippen molar-refractivity contribution in [2.45, 2.75) is 102 Å². The molecule has 230 valence electrons. The van der Waals surface area contributed by atoms with Crippen molar-refractivity contribution in [1.29, 1.82) is 0 Å². The monoisotopic (exact) mass is 592 g/mol. The van der Waals surface area contributed by atoms with Gasteiger partial charge in [0.05, 0.1) is 17.4 Å². The van der Waals surface area contributed by atoms with Gasteiger partial charge in [-0.2, -0.15) is 4.98 Å². The van der Waals surface area contributed by atoms with Crippen molar-refractivity contribution in [1.82, 2.24) is 19.8 Å². The van der Waals surface area contributed by atoms with Gasteiger partial charge < -0.3 is 24.8 Å². The molecule has 2 amide bonds. The SMILES string of the molecule is Cc1ccc2c(=O)n3c(nc2c1)O[C@@H]1C[C@@H](C(=O)O)N(C1)C(=O)[C@H](C1CCCC1)NC(=O)OC1CCC[C@H]1CC/C=C/C3. The maximum atomic E-state index is 14.0. The van der Waals surface area contributed by atoms with Crippen LogP contribution in [0.4, 0.5) is 4.79 Å².